The molecule has 21 heavy (non-hydrogen) atoms. The van der Waals surface area contributed by atoms with Gasteiger partial charge in [0.2, 0.25) is 0 Å². The monoisotopic (exact) mass is 342 g/mol. The molecule has 0 aromatic heterocycles. The number of hydrazone groups is 1. The average molecular weight is 344 g/mol. The van der Waals surface area contributed by atoms with E-state index in [1.165, 1.54) is 18.3 Å². The smallest absolute Gasteiger partial charge is 0.337 e. The van der Waals surface area contributed by atoms with E-state index >= 15 is 0 Å². The SMILES string of the molecule is O=C(O)c1cc(N/N=C\c2cccc(Cl)c2Cl)ccc1Cl. The molecule has 0 unspecified atom stereocenters. The fourth-order valence-electron chi connectivity index (χ4n) is 1.56. The number of hydrogen-bond acceptors (Lipinski definition) is 3. The van der Waals surface area contributed by atoms with Crippen LogP contribution in [0.3, 0.4) is 0 Å². The molecule has 0 aliphatic rings. The molecule has 0 bridgehead atoms. The lowest BCUT2D eigenvalue weighted by Crippen LogP contribution is -1.99. The maximum atomic E-state index is 11.0. The first-order chi connectivity index (χ1) is 9.99. The van der Waals surface area contributed by atoms with Gasteiger partial charge in [-0.05, 0) is 24.3 Å². The molecule has 108 valence electrons. The van der Waals surface area contributed by atoms with E-state index in [0.717, 1.165) is 0 Å². The van der Waals surface area contributed by atoms with E-state index in [9.17, 15) is 4.79 Å². The Morgan fingerprint density at radius 1 is 1.14 bits per heavy atom. The van der Waals surface area contributed by atoms with Crippen molar-refractivity contribution in [1.29, 1.82) is 0 Å². The van der Waals surface area contributed by atoms with E-state index in [1.807, 2.05) is 0 Å². The van der Waals surface area contributed by atoms with Crippen LogP contribution >= 0.6 is 34.8 Å². The maximum Gasteiger partial charge on any atom is 0.337 e. The van der Waals surface area contributed by atoms with Crippen LogP contribution in [0.25, 0.3) is 0 Å². The second-order valence-corrected chi connectivity index (χ2v) is 5.21. The first-order valence-electron chi connectivity index (χ1n) is 5.75. The topological polar surface area (TPSA) is 61.7 Å². The number of hydrogen-bond donors (Lipinski definition) is 2. The van der Waals surface area contributed by atoms with Gasteiger partial charge in [0, 0.05) is 5.56 Å². The van der Waals surface area contributed by atoms with Crippen LogP contribution in [-0.4, -0.2) is 17.3 Å². The van der Waals surface area contributed by atoms with Gasteiger partial charge in [-0.2, -0.15) is 5.10 Å². The number of nitrogens with zero attached hydrogens (tertiary/aromatic N) is 1. The summed E-state index contributed by atoms with van der Waals surface area (Å²) in [5.41, 5.74) is 3.84. The van der Waals surface area contributed by atoms with Gasteiger partial charge >= 0.3 is 5.97 Å². The normalized spacial score (nSPS) is 10.8. The van der Waals surface area contributed by atoms with Gasteiger partial charge in [0.15, 0.2) is 0 Å². The summed E-state index contributed by atoms with van der Waals surface area (Å²) in [6.07, 6.45) is 1.49. The molecule has 2 aromatic rings. The Kier molecular flexibility index (Phi) is 5.07. The lowest BCUT2D eigenvalue weighted by Gasteiger charge is -2.04. The number of carboxylic acid groups (broad SMARTS) is 1. The van der Waals surface area contributed by atoms with Crippen molar-refractivity contribution >= 4 is 52.7 Å². The third-order valence-electron chi connectivity index (χ3n) is 2.58. The number of halogens is 3. The highest BCUT2D eigenvalue weighted by atomic mass is 35.5. The van der Waals surface area contributed by atoms with E-state index < -0.39 is 5.97 Å². The Hall–Kier alpha value is -1.75. The van der Waals surface area contributed by atoms with Gasteiger partial charge in [-0.1, -0.05) is 46.9 Å². The van der Waals surface area contributed by atoms with E-state index in [4.69, 9.17) is 39.9 Å². The van der Waals surface area contributed by atoms with E-state index in [-0.39, 0.29) is 10.6 Å². The summed E-state index contributed by atoms with van der Waals surface area (Å²) in [5.74, 6) is -1.11. The fraction of sp³-hybridized carbons (Fsp3) is 0. The molecular formula is C14H9Cl3N2O2. The second kappa shape index (κ2) is 6.80. The third kappa shape index (κ3) is 3.88. The molecule has 0 aliphatic heterocycles. The molecule has 0 saturated carbocycles. The van der Waals surface area contributed by atoms with Crippen molar-refractivity contribution in [3.05, 3.63) is 62.6 Å². The van der Waals surface area contributed by atoms with Crippen molar-refractivity contribution in [2.45, 2.75) is 0 Å². The second-order valence-electron chi connectivity index (χ2n) is 4.01. The lowest BCUT2D eigenvalue weighted by molar-refractivity contribution is 0.0697. The zero-order chi connectivity index (χ0) is 15.4. The molecule has 7 heteroatoms. The number of aromatic carboxylic acids is 1. The van der Waals surface area contributed by atoms with Crippen molar-refractivity contribution in [2.75, 3.05) is 5.43 Å². The summed E-state index contributed by atoms with van der Waals surface area (Å²) in [4.78, 5) is 11.0. The molecule has 4 nitrogen and oxygen atoms in total. The predicted molar refractivity (Wildman–Crippen MR) is 86.1 cm³/mol. The molecule has 0 radical (unpaired) electrons. The largest absolute Gasteiger partial charge is 0.478 e. The molecule has 0 amide bonds. The highest BCUT2D eigenvalue weighted by Gasteiger charge is 2.09. The first-order valence-corrected chi connectivity index (χ1v) is 6.88. The minimum atomic E-state index is -1.11. The van der Waals surface area contributed by atoms with Crippen LogP contribution in [0.4, 0.5) is 5.69 Å². The summed E-state index contributed by atoms with van der Waals surface area (Å²) in [6, 6.07) is 9.67. The van der Waals surface area contributed by atoms with Gasteiger partial charge in [0.25, 0.3) is 0 Å². The average Bonchev–Trinajstić information content (AvgIpc) is 2.45. The summed E-state index contributed by atoms with van der Waals surface area (Å²) in [6.45, 7) is 0. The zero-order valence-electron chi connectivity index (χ0n) is 10.5. The Balaban J connectivity index is 2.16. The van der Waals surface area contributed by atoms with Crippen LogP contribution in [0.5, 0.6) is 0 Å². The molecule has 0 atom stereocenters. The summed E-state index contributed by atoms with van der Waals surface area (Å²) >= 11 is 17.7. The Bertz CT molecular complexity index is 717. The Labute approximate surface area is 135 Å². The molecule has 0 aliphatic carbocycles. The lowest BCUT2D eigenvalue weighted by atomic mass is 10.2. The number of anilines is 1. The number of carbonyl (C=O) groups is 1. The number of benzene rings is 2. The number of carboxylic acids is 1. The van der Waals surface area contributed by atoms with Gasteiger partial charge in [-0.15, -0.1) is 0 Å². The summed E-state index contributed by atoms with van der Waals surface area (Å²) in [5, 5.41) is 14.0. The molecule has 0 spiro atoms. The molecule has 0 saturated heterocycles. The van der Waals surface area contributed by atoms with Crippen LogP contribution in [0.2, 0.25) is 15.1 Å². The van der Waals surface area contributed by atoms with Crippen LogP contribution in [-0.2, 0) is 0 Å². The highest BCUT2D eigenvalue weighted by Crippen LogP contribution is 2.24. The first kappa shape index (κ1) is 15.6. The molecule has 2 N–H and O–H groups in total. The van der Waals surface area contributed by atoms with Crippen molar-refractivity contribution < 1.29 is 9.90 Å². The summed E-state index contributed by atoms with van der Waals surface area (Å²) in [7, 11) is 0. The maximum absolute atomic E-state index is 11.0. The van der Waals surface area contributed by atoms with Crippen molar-refractivity contribution in [3.8, 4) is 0 Å². The number of rotatable bonds is 4. The zero-order valence-corrected chi connectivity index (χ0v) is 12.7. The van der Waals surface area contributed by atoms with Gasteiger partial charge < -0.3 is 5.11 Å². The van der Waals surface area contributed by atoms with Crippen LogP contribution in [0, 0.1) is 0 Å². The highest BCUT2D eigenvalue weighted by molar-refractivity contribution is 6.43. The van der Waals surface area contributed by atoms with Crippen LogP contribution in [0.15, 0.2) is 41.5 Å². The third-order valence-corrected chi connectivity index (χ3v) is 3.74. The minimum Gasteiger partial charge on any atom is -0.478 e. The van der Waals surface area contributed by atoms with Crippen molar-refractivity contribution in [3.63, 3.8) is 0 Å². The van der Waals surface area contributed by atoms with Gasteiger partial charge in [0.1, 0.15) is 0 Å². The van der Waals surface area contributed by atoms with Crippen LogP contribution in [0.1, 0.15) is 15.9 Å². The van der Waals surface area contributed by atoms with E-state index in [1.54, 1.807) is 24.3 Å². The molecule has 0 fully saturated rings. The van der Waals surface area contributed by atoms with Crippen LogP contribution < -0.4 is 5.43 Å². The van der Waals surface area contributed by atoms with Gasteiger partial charge in [-0.3, -0.25) is 5.43 Å². The van der Waals surface area contributed by atoms with Gasteiger partial charge in [0.05, 0.1) is 32.5 Å². The minimum absolute atomic E-state index is 0.00217. The molecule has 0 heterocycles. The van der Waals surface area contributed by atoms with Crippen molar-refractivity contribution in [1.82, 2.24) is 0 Å². The molecular weight excluding hydrogens is 335 g/mol. The molecule has 2 rings (SSSR count). The van der Waals surface area contributed by atoms with Crippen molar-refractivity contribution in [2.24, 2.45) is 5.10 Å². The standard InChI is InChI=1S/C14H9Cl3N2O2/c15-11-5-4-9(6-10(11)14(20)21)19-18-7-8-2-1-3-12(16)13(8)17/h1-7,19H,(H,20,21)/b18-7-. The van der Waals surface area contributed by atoms with Gasteiger partial charge in [-0.25, -0.2) is 4.79 Å². The predicted octanol–water partition coefficient (Wildman–Crippen LogP) is 4.79. The Morgan fingerprint density at radius 3 is 2.62 bits per heavy atom. The quantitative estimate of drug-likeness (QED) is 0.619. The number of nitrogens with one attached hydrogen (secondary N) is 1. The Morgan fingerprint density at radius 2 is 1.90 bits per heavy atom. The fourth-order valence-corrected chi connectivity index (χ4v) is 2.11. The van der Waals surface area contributed by atoms with E-state index in [0.29, 0.717) is 21.3 Å². The molecule has 2 aromatic carbocycles. The summed E-state index contributed by atoms with van der Waals surface area (Å²) < 4.78 is 0. The van der Waals surface area contributed by atoms with E-state index in [2.05, 4.69) is 10.5 Å².